The third-order valence-electron chi connectivity index (χ3n) is 2.78. The highest BCUT2D eigenvalue weighted by atomic mass is 79.9. The van der Waals surface area contributed by atoms with E-state index in [0.29, 0.717) is 10.8 Å². The molecule has 96 valence electrons. The van der Waals surface area contributed by atoms with Gasteiger partial charge in [0.1, 0.15) is 0 Å². The van der Waals surface area contributed by atoms with E-state index in [-0.39, 0.29) is 0 Å². The fraction of sp³-hybridized carbons (Fsp3) is 0. The molecule has 0 aliphatic carbocycles. The van der Waals surface area contributed by atoms with Crippen LogP contribution < -0.4 is 5.73 Å². The average Bonchev–Trinajstić information content (AvgIpc) is 2.96. The standard InChI is InChI=1S/C13H9BrClN3S/c14-8-5-6-19-12(8)11-10(13(16)18-17-11)7-3-1-2-4-9(7)15/h1-6H,(H3,16,17,18). The van der Waals surface area contributed by atoms with Gasteiger partial charge in [-0.1, -0.05) is 29.8 Å². The van der Waals surface area contributed by atoms with Crippen LogP contribution in [0.25, 0.3) is 21.7 Å². The molecule has 0 radical (unpaired) electrons. The monoisotopic (exact) mass is 353 g/mol. The first-order valence-corrected chi connectivity index (χ1v) is 7.55. The Hall–Kier alpha value is -1.30. The number of thiophene rings is 1. The van der Waals surface area contributed by atoms with Crippen LogP contribution in [0.2, 0.25) is 5.02 Å². The molecule has 0 fully saturated rings. The van der Waals surface area contributed by atoms with Gasteiger partial charge in [-0.05, 0) is 33.4 Å². The molecule has 0 aliphatic heterocycles. The maximum absolute atomic E-state index is 6.26. The lowest BCUT2D eigenvalue weighted by Crippen LogP contribution is -1.89. The van der Waals surface area contributed by atoms with Gasteiger partial charge in [0.25, 0.3) is 0 Å². The number of nitrogens with zero attached hydrogens (tertiary/aromatic N) is 1. The van der Waals surface area contributed by atoms with E-state index in [1.165, 1.54) is 0 Å². The van der Waals surface area contributed by atoms with Gasteiger partial charge in [-0.2, -0.15) is 5.10 Å². The summed E-state index contributed by atoms with van der Waals surface area (Å²) in [7, 11) is 0. The fourth-order valence-corrected chi connectivity index (χ4v) is 3.73. The zero-order valence-electron chi connectivity index (χ0n) is 9.65. The van der Waals surface area contributed by atoms with Gasteiger partial charge >= 0.3 is 0 Å². The van der Waals surface area contributed by atoms with Crippen LogP contribution in [0.3, 0.4) is 0 Å². The minimum Gasteiger partial charge on any atom is -0.382 e. The van der Waals surface area contributed by atoms with Crippen molar-refractivity contribution >= 4 is 44.7 Å². The van der Waals surface area contributed by atoms with E-state index in [2.05, 4.69) is 26.1 Å². The fourth-order valence-electron chi connectivity index (χ4n) is 1.93. The summed E-state index contributed by atoms with van der Waals surface area (Å²) >= 11 is 11.4. The molecule has 0 aliphatic rings. The van der Waals surface area contributed by atoms with Crippen molar-refractivity contribution in [2.75, 3.05) is 5.73 Å². The minimum absolute atomic E-state index is 0.448. The summed E-state index contributed by atoms with van der Waals surface area (Å²) in [5.41, 5.74) is 8.59. The summed E-state index contributed by atoms with van der Waals surface area (Å²) in [5.74, 6) is 0.448. The molecule has 2 aromatic heterocycles. The van der Waals surface area contributed by atoms with Crippen molar-refractivity contribution in [3.63, 3.8) is 0 Å². The van der Waals surface area contributed by atoms with Gasteiger partial charge in [0.2, 0.25) is 0 Å². The van der Waals surface area contributed by atoms with Gasteiger partial charge in [0, 0.05) is 15.1 Å². The SMILES string of the molecule is Nc1n[nH]c(-c2sccc2Br)c1-c1ccccc1Cl. The number of H-pyrrole nitrogens is 1. The Kier molecular flexibility index (Phi) is 3.35. The summed E-state index contributed by atoms with van der Waals surface area (Å²) in [6.07, 6.45) is 0. The number of hydrogen-bond acceptors (Lipinski definition) is 3. The van der Waals surface area contributed by atoms with E-state index in [1.807, 2.05) is 35.7 Å². The predicted octanol–water partition coefficient (Wildman–Crippen LogP) is 4.80. The maximum atomic E-state index is 6.26. The molecule has 1 aromatic carbocycles. The van der Waals surface area contributed by atoms with Crippen molar-refractivity contribution in [3.8, 4) is 21.7 Å². The number of hydrogen-bond donors (Lipinski definition) is 2. The Morgan fingerprint density at radius 3 is 2.74 bits per heavy atom. The zero-order chi connectivity index (χ0) is 13.4. The van der Waals surface area contributed by atoms with E-state index < -0.39 is 0 Å². The number of nitrogen functional groups attached to an aromatic ring is 1. The molecule has 0 saturated carbocycles. The molecule has 3 aromatic rings. The molecule has 2 heterocycles. The summed E-state index contributed by atoms with van der Waals surface area (Å²) < 4.78 is 1.01. The first-order chi connectivity index (χ1) is 9.18. The number of nitrogens with two attached hydrogens (primary N) is 1. The van der Waals surface area contributed by atoms with Crippen molar-refractivity contribution in [1.29, 1.82) is 0 Å². The molecule has 0 atom stereocenters. The second kappa shape index (κ2) is 5.00. The quantitative estimate of drug-likeness (QED) is 0.694. The predicted molar refractivity (Wildman–Crippen MR) is 84.5 cm³/mol. The summed E-state index contributed by atoms with van der Waals surface area (Å²) in [6, 6.07) is 9.60. The molecule has 0 saturated heterocycles. The normalized spacial score (nSPS) is 10.8. The smallest absolute Gasteiger partial charge is 0.153 e. The van der Waals surface area contributed by atoms with Crippen molar-refractivity contribution < 1.29 is 0 Å². The van der Waals surface area contributed by atoms with Crippen LogP contribution in [0, 0.1) is 0 Å². The second-order valence-corrected chi connectivity index (χ2v) is 6.11. The molecule has 3 nitrogen and oxygen atoms in total. The molecule has 3 rings (SSSR count). The number of halogens is 2. The Labute approximate surface area is 127 Å². The molecular formula is C13H9BrClN3S. The van der Waals surface area contributed by atoms with E-state index in [1.54, 1.807) is 11.3 Å². The highest BCUT2D eigenvalue weighted by Crippen LogP contribution is 2.42. The lowest BCUT2D eigenvalue weighted by atomic mass is 10.0. The summed E-state index contributed by atoms with van der Waals surface area (Å²) in [5, 5.41) is 9.76. The number of benzene rings is 1. The Morgan fingerprint density at radius 2 is 2.05 bits per heavy atom. The van der Waals surface area contributed by atoms with Crippen LogP contribution in [-0.4, -0.2) is 10.2 Å². The maximum Gasteiger partial charge on any atom is 0.153 e. The summed E-state index contributed by atoms with van der Waals surface area (Å²) in [4.78, 5) is 1.05. The van der Waals surface area contributed by atoms with Crippen LogP contribution in [0.1, 0.15) is 0 Å². The summed E-state index contributed by atoms with van der Waals surface area (Å²) in [6.45, 7) is 0. The Balaban J connectivity index is 2.26. The van der Waals surface area contributed by atoms with Crippen molar-refractivity contribution in [2.24, 2.45) is 0 Å². The number of aromatic nitrogens is 2. The molecule has 0 unspecified atom stereocenters. The second-order valence-electron chi connectivity index (χ2n) is 3.94. The average molecular weight is 355 g/mol. The molecule has 19 heavy (non-hydrogen) atoms. The largest absolute Gasteiger partial charge is 0.382 e. The zero-order valence-corrected chi connectivity index (χ0v) is 12.8. The van der Waals surface area contributed by atoms with E-state index in [4.69, 9.17) is 17.3 Å². The van der Waals surface area contributed by atoms with Crippen LogP contribution in [0.15, 0.2) is 40.2 Å². The van der Waals surface area contributed by atoms with Gasteiger partial charge in [0.05, 0.1) is 16.1 Å². The third kappa shape index (κ3) is 2.18. The van der Waals surface area contributed by atoms with Gasteiger partial charge in [-0.3, -0.25) is 5.10 Å². The lowest BCUT2D eigenvalue weighted by molar-refractivity contribution is 1.10. The van der Waals surface area contributed by atoms with Gasteiger partial charge < -0.3 is 5.73 Å². The van der Waals surface area contributed by atoms with Crippen LogP contribution in [0.4, 0.5) is 5.82 Å². The highest BCUT2D eigenvalue weighted by molar-refractivity contribution is 9.10. The Bertz CT molecular complexity index is 735. The van der Waals surface area contributed by atoms with Gasteiger partial charge in [-0.25, -0.2) is 0 Å². The lowest BCUT2D eigenvalue weighted by Gasteiger charge is -2.05. The number of nitrogens with one attached hydrogen (secondary N) is 1. The van der Waals surface area contributed by atoms with Crippen LogP contribution in [-0.2, 0) is 0 Å². The first-order valence-electron chi connectivity index (χ1n) is 5.50. The van der Waals surface area contributed by atoms with Crippen LogP contribution >= 0.6 is 38.9 Å². The molecule has 0 amide bonds. The molecule has 0 bridgehead atoms. The highest BCUT2D eigenvalue weighted by Gasteiger charge is 2.19. The molecule has 3 N–H and O–H groups in total. The van der Waals surface area contributed by atoms with Crippen molar-refractivity contribution in [2.45, 2.75) is 0 Å². The van der Waals surface area contributed by atoms with Crippen molar-refractivity contribution in [3.05, 3.63) is 45.2 Å². The van der Waals surface area contributed by atoms with E-state index in [9.17, 15) is 0 Å². The molecule has 6 heteroatoms. The van der Waals surface area contributed by atoms with Gasteiger partial charge in [-0.15, -0.1) is 11.3 Å². The molecule has 0 spiro atoms. The van der Waals surface area contributed by atoms with Gasteiger partial charge in [0.15, 0.2) is 5.82 Å². The van der Waals surface area contributed by atoms with Crippen LogP contribution in [0.5, 0.6) is 0 Å². The van der Waals surface area contributed by atoms with E-state index in [0.717, 1.165) is 26.2 Å². The number of aromatic amines is 1. The third-order valence-corrected chi connectivity index (χ3v) is 4.97. The van der Waals surface area contributed by atoms with E-state index >= 15 is 0 Å². The van der Waals surface area contributed by atoms with Crippen molar-refractivity contribution in [1.82, 2.24) is 10.2 Å². The number of rotatable bonds is 2. The molecular weight excluding hydrogens is 346 g/mol. The Morgan fingerprint density at radius 1 is 1.26 bits per heavy atom. The topological polar surface area (TPSA) is 54.7 Å². The number of anilines is 1. The minimum atomic E-state index is 0.448. The first kappa shape index (κ1) is 12.7.